The molecule has 1 aromatic heterocycles. The smallest absolute Gasteiger partial charge is 0.303 e. The first kappa shape index (κ1) is 15.7. The second-order valence-corrected chi connectivity index (χ2v) is 5.04. The molecule has 116 valence electrons. The number of hydrogen-bond acceptors (Lipinski definition) is 5. The van der Waals surface area contributed by atoms with E-state index in [2.05, 4.69) is 15.2 Å². The van der Waals surface area contributed by atoms with Gasteiger partial charge in [0, 0.05) is 12.0 Å². The Morgan fingerprint density at radius 1 is 1.36 bits per heavy atom. The number of aromatic amines is 1. The minimum Gasteiger partial charge on any atom is -0.491 e. The van der Waals surface area contributed by atoms with Gasteiger partial charge in [0.05, 0.1) is 12.5 Å². The molecule has 2 aromatic rings. The summed E-state index contributed by atoms with van der Waals surface area (Å²) in [6.07, 6.45) is -0.0673. The second-order valence-electron chi connectivity index (χ2n) is 5.04. The standard InChI is InChI=1S/C15H17N3O4/c1-9(2)22-11-5-3-4-10(8-11)14-16-15(21)12(17-18-14)6-7-13(19)20/h3-5,8-9H,6-7H2,1-2H3,(H,19,20)(H,16,18,21). The summed E-state index contributed by atoms with van der Waals surface area (Å²) in [5.41, 5.74) is 0.356. The number of nitrogens with one attached hydrogen (secondary N) is 1. The first-order chi connectivity index (χ1) is 10.5. The largest absolute Gasteiger partial charge is 0.491 e. The molecule has 0 aliphatic rings. The first-order valence-electron chi connectivity index (χ1n) is 6.90. The third kappa shape index (κ3) is 4.15. The molecule has 2 N–H and O–H groups in total. The quantitative estimate of drug-likeness (QED) is 0.840. The zero-order valence-corrected chi connectivity index (χ0v) is 12.4. The summed E-state index contributed by atoms with van der Waals surface area (Å²) in [6, 6.07) is 7.16. The lowest BCUT2D eigenvalue weighted by Gasteiger charge is -2.10. The van der Waals surface area contributed by atoms with Crippen molar-refractivity contribution < 1.29 is 14.6 Å². The van der Waals surface area contributed by atoms with Crippen LogP contribution in [0.3, 0.4) is 0 Å². The molecule has 0 atom stereocenters. The molecular formula is C15H17N3O4. The van der Waals surface area contributed by atoms with E-state index in [4.69, 9.17) is 9.84 Å². The zero-order valence-electron chi connectivity index (χ0n) is 12.4. The second kappa shape index (κ2) is 6.84. The number of nitrogens with zero attached hydrogens (tertiary/aromatic N) is 2. The van der Waals surface area contributed by atoms with Crippen molar-refractivity contribution in [3.63, 3.8) is 0 Å². The van der Waals surface area contributed by atoms with E-state index in [-0.39, 0.29) is 24.6 Å². The molecule has 0 fully saturated rings. The topological polar surface area (TPSA) is 105 Å². The van der Waals surface area contributed by atoms with Gasteiger partial charge in [-0.2, -0.15) is 0 Å². The van der Waals surface area contributed by atoms with Gasteiger partial charge in [0.2, 0.25) is 0 Å². The SMILES string of the molecule is CC(C)Oc1cccc(-c2nnc(CCC(=O)O)c(=O)[nH]2)c1. The molecule has 7 nitrogen and oxygen atoms in total. The maximum atomic E-state index is 11.9. The molecule has 0 aliphatic carbocycles. The van der Waals surface area contributed by atoms with E-state index in [0.717, 1.165) is 0 Å². The third-order valence-electron chi connectivity index (χ3n) is 2.82. The van der Waals surface area contributed by atoms with Crippen molar-refractivity contribution in [2.24, 2.45) is 0 Å². The van der Waals surface area contributed by atoms with Gasteiger partial charge in [-0.1, -0.05) is 12.1 Å². The Kier molecular flexibility index (Phi) is 4.88. The molecule has 0 spiro atoms. The minimum atomic E-state index is -0.983. The lowest BCUT2D eigenvalue weighted by atomic mass is 10.2. The number of hydrogen-bond donors (Lipinski definition) is 2. The highest BCUT2D eigenvalue weighted by molar-refractivity contribution is 5.67. The van der Waals surface area contributed by atoms with Crippen LogP contribution in [0.5, 0.6) is 5.75 Å². The van der Waals surface area contributed by atoms with Crippen molar-refractivity contribution in [2.75, 3.05) is 0 Å². The molecule has 2 rings (SSSR count). The molecule has 1 heterocycles. The van der Waals surface area contributed by atoms with E-state index in [1.165, 1.54) is 0 Å². The molecule has 0 amide bonds. The fourth-order valence-electron chi connectivity index (χ4n) is 1.87. The van der Waals surface area contributed by atoms with Crippen LogP contribution in [0.1, 0.15) is 26.0 Å². The van der Waals surface area contributed by atoms with Crippen molar-refractivity contribution in [1.82, 2.24) is 15.2 Å². The highest BCUT2D eigenvalue weighted by Crippen LogP contribution is 2.20. The van der Waals surface area contributed by atoms with E-state index in [9.17, 15) is 9.59 Å². The maximum Gasteiger partial charge on any atom is 0.303 e. The van der Waals surface area contributed by atoms with Gasteiger partial charge in [-0.05, 0) is 26.0 Å². The molecule has 1 aromatic carbocycles. The Hall–Kier alpha value is -2.70. The maximum absolute atomic E-state index is 11.9. The van der Waals surface area contributed by atoms with Crippen LogP contribution in [0.25, 0.3) is 11.4 Å². The normalized spacial score (nSPS) is 10.7. The van der Waals surface area contributed by atoms with Crippen LogP contribution < -0.4 is 10.3 Å². The third-order valence-corrected chi connectivity index (χ3v) is 2.82. The number of carboxylic acids is 1. The minimum absolute atomic E-state index is 0.0405. The molecule has 0 saturated carbocycles. The van der Waals surface area contributed by atoms with Gasteiger partial charge in [-0.15, -0.1) is 10.2 Å². The van der Waals surface area contributed by atoms with Crippen molar-refractivity contribution >= 4 is 5.97 Å². The molecule has 0 aliphatic heterocycles. The number of ether oxygens (including phenoxy) is 1. The number of H-pyrrole nitrogens is 1. The summed E-state index contributed by atoms with van der Waals surface area (Å²) >= 11 is 0. The Labute approximate surface area is 127 Å². The average Bonchev–Trinajstić information content (AvgIpc) is 2.45. The van der Waals surface area contributed by atoms with E-state index in [0.29, 0.717) is 17.1 Å². The van der Waals surface area contributed by atoms with E-state index < -0.39 is 11.5 Å². The van der Waals surface area contributed by atoms with Gasteiger partial charge >= 0.3 is 5.97 Å². The summed E-state index contributed by atoms with van der Waals surface area (Å²) in [7, 11) is 0. The molecule has 7 heteroatoms. The number of rotatable bonds is 6. The van der Waals surface area contributed by atoms with Crippen molar-refractivity contribution in [3.05, 3.63) is 40.3 Å². The van der Waals surface area contributed by atoms with Crippen LogP contribution >= 0.6 is 0 Å². The Morgan fingerprint density at radius 2 is 2.14 bits per heavy atom. The predicted octanol–water partition coefficient (Wildman–Crippen LogP) is 1.64. The summed E-state index contributed by atoms with van der Waals surface area (Å²) in [4.78, 5) is 25.0. The lowest BCUT2D eigenvalue weighted by molar-refractivity contribution is -0.136. The number of carbonyl (C=O) groups is 1. The van der Waals surface area contributed by atoms with Crippen LogP contribution in [0.15, 0.2) is 29.1 Å². The van der Waals surface area contributed by atoms with Crippen molar-refractivity contribution in [2.45, 2.75) is 32.8 Å². The zero-order chi connectivity index (χ0) is 16.1. The van der Waals surface area contributed by atoms with E-state index >= 15 is 0 Å². The predicted molar refractivity (Wildman–Crippen MR) is 79.8 cm³/mol. The molecular weight excluding hydrogens is 286 g/mol. The van der Waals surface area contributed by atoms with Gasteiger partial charge in [0.25, 0.3) is 5.56 Å². The number of benzene rings is 1. The summed E-state index contributed by atoms with van der Waals surface area (Å²) in [6.45, 7) is 3.84. The van der Waals surface area contributed by atoms with Crippen molar-refractivity contribution in [1.29, 1.82) is 0 Å². The Morgan fingerprint density at radius 3 is 2.77 bits per heavy atom. The molecule has 0 unspecified atom stereocenters. The average molecular weight is 303 g/mol. The number of aliphatic carboxylic acids is 1. The number of aryl methyl sites for hydroxylation is 1. The van der Waals surface area contributed by atoms with E-state index in [1.807, 2.05) is 19.9 Å². The number of aromatic nitrogens is 3. The van der Waals surface area contributed by atoms with Gasteiger partial charge in [-0.3, -0.25) is 9.59 Å². The highest BCUT2D eigenvalue weighted by atomic mass is 16.5. The first-order valence-corrected chi connectivity index (χ1v) is 6.90. The van der Waals surface area contributed by atoms with Gasteiger partial charge in [-0.25, -0.2) is 0 Å². The highest BCUT2D eigenvalue weighted by Gasteiger charge is 2.09. The van der Waals surface area contributed by atoms with Gasteiger partial charge in [0.15, 0.2) is 5.82 Å². The fraction of sp³-hybridized carbons (Fsp3) is 0.333. The lowest BCUT2D eigenvalue weighted by Crippen LogP contribution is -2.18. The summed E-state index contributed by atoms with van der Waals surface area (Å²) in [5, 5.41) is 16.4. The summed E-state index contributed by atoms with van der Waals surface area (Å²) < 4.78 is 5.59. The van der Waals surface area contributed by atoms with Crippen LogP contribution in [0.4, 0.5) is 0 Å². The fourth-order valence-corrected chi connectivity index (χ4v) is 1.87. The van der Waals surface area contributed by atoms with Crippen molar-refractivity contribution in [3.8, 4) is 17.1 Å². The Bertz CT molecular complexity index is 725. The van der Waals surface area contributed by atoms with Gasteiger partial charge < -0.3 is 14.8 Å². The van der Waals surface area contributed by atoms with Crippen LogP contribution in [-0.4, -0.2) is 32.4 Å². The van der Waals surface area contributed by atoms with E-state index in [1.54, 1.807) is 18.2 Å². The van der Waals surface area contributed by atoms with Crippen LogP contribution in [-0.2, 0) is 11.2 Å². The number of carboxylic acid groups (broad SMARTS) is 1. The molecule has 0 radical (unpaired) electrons. The molecule has 0 saturated heterocycles. The van der Waals surface area contributed by atoms with Crippen LogP contribution in [0.2, 0.25) is 0 Å². The monoisotopic (exact) mass is 303 g/mol. The summed E-state index contributed by atoms with van der Waals surface area (Å²) in [5.74, 6) is 0.00666. The van der Waals surface area contributed by atoms with Gasteiger partial charge in [0.1, 0.15) is 11.4 Å². The van der Waals surface area contributed by atoms with Crippen LogP contribution in [0, 0.1) is 0 Å². The molecule has 22 heavy (non-hydrogen) atoms. The molecule has 0 bridgehead atoms. The Balaban J connectivity index is 2.24.